The van der Waals surface area contributed by atoms with Crippen LogP contribution in [0, 0.1) is 0 Å². The zero-order chi connectivity index (χ0) is 19.1. The summed E-state index contributed by atoms with van der Waals surface area (Å²) in [5, 5.41) is 3.29. The summed E-state index contributed by atoms with van der Waals surface area (Å²) in [5.41, 5.74) is 0.855. The fourth-order valence-electron chi connectivity index (χ4n) is 3.39. The van der Waals surface area contributed by atoms with Gasteiger partial charge in [-0.3, -0.25) is 4.79 Å². The third-order valence-corrected chi connectivity index (χ3v) is 4.69. The topological polar surface area (TPSA) is 49.9 Å². The highest BCUT2D eigenvalue weighted by atomic mass is 19.4. The Labute approximate surface area is 149 Å². The first-order valence-electron chi connectivity index (χ1n) is 8.37. The molecule has 0 radical (unpaired) electrons. The molecular weight excluding hydrogens is 349 g/mol. The molecule has 0 aliphatic carbocycles. The largest absolute Gasteiger partial charge is 0.463 e. The summed E-state index contributed by atoms with van der Waals surface area (Å²) in [6.07, 6.45) is -3.73. The van der Waals surface area contributed by atoms with Crippen molar-refractivity contribution in [3.05, 3.63) is 46.7 Å². The van der Waals surface area contributed by atoms with Crippen LogP contribution in [-0.4, -0.2) is 35.0 Å². The summed E-state index contributed by atoms with van der Waals surface area (Å²) in [4.78, 5) is 24.3. The van der Waals surface area contributed by atoms with Crippen LogP contribution in [0.15, 0.2) is 35.5 Å². The zero-order valence-electron chi connectivity index (χ0n) is 14.5. The Hall–Kier alpha value is -2.35. The monoisotopic (exact) mass is 368 g/mol. The summed E-state index contributed by atoms with van der Waals surface area (Å²) < 4.78 is 43.3. The van der Waals surface area contributed by atoms with Gasteiger partial charge in [0.1, 0.15) is 0 Å². The SMILES string of the molecule is CCOC(=O)/C(C)=C1/CC(c2ccc(C(F)(F)F)cc2)N2CCC(=O)N12. The number of hydrogen-bond acceptors (Lipinski definition) is 4. The Morgan fingerprint density at radius 3 is 2.50 bits per heavy atom. The zero-order valence-corrected chi connectivity index (χ0v) is 14.5. The van der Waals surface area contributed by atoms with Crippen LogP contribution in [0.25, 0.3) is 0 Å². The minimum atomic E-state index is -4.39. The number of rotatable bonds is 3. The Kier molecular flexibility index (Phi) is 4.79. The number of esters is 1. The average molecular weight is 368 g/mol. The molecule has 2 aliphatic heterocycles. The molecule has 140 valence electrons. The first kappa shape index (κ1) is 18.4. The molecule has 0 bridgehead atoms. The van der Waals surface area contributed by atoms with Gasteiger partial charge in [0.25, 0.3) is 0 Å². The van der Waals surface area contributed by atoms with Gasteiger partial charge in [-0.2, -0.15) is 13.2 Å². The van der Waals surface area contributed by atoms with Crippen molar-refractivity contribution in [2.75, 3.05) is 13.2 Å². The number of ether oxygens (including phenoxy) is 1. The molecule has 1 unspecified atom stereocenters. The highest BCUT2D eigenvalue weighted by molar-refractivity contribution is 5.90. The van der Waals surface area contributed by atoms with Gasteiger partial charge in [-0.05, 0) is 31.5 Å². The molecule has 0 aromatic heterocycles. The number of halogens is 3. The van der Waals surface area contributed by atoms with Crippen LogP contribution < -0.4 is 0 Å². The van der Waals surface area contributed by atoms with Gasteiger partial charge < -0.3 is 4.74 Å². The number of amides is 1. The lowest BCUT2D eigenvalue weighted by Gasteiger charge is -2.25. The van der Waals surface area contributed by atoms with Crippen LogP contribution in [0.2, 0.25) is 0 Å². The minimum Gasteiger partial charge on any atom is -0.463 e. The van der Waals surface area contributed by atoms with Gasteiger partial charge in [0.2, 0.25) is 5.91 Å². The molecule has 26 heavy (non-hydrogen) atoms. The third-order valence-electron chi connectivity index (χ3n) is 4.69. The molecule has 2 saturated heterocycles. The van der Waals surface area contributed by atoms with Crippen molar-refractivity contribution in [1.29, 1.82) is 0 Å². The van der Waals surface area contributed by atoms with Crippen LogP contribution in [0.1, 0.15) is 43.9 Å². The fourth-order valence-corrected chi connectivity index (χ4v) is 3.39. The molecule has 3 rings (SSSR count). The van der Waals surface area contributed by atoms with Crippen molar-refractivity contribution in [2.24, 2.45) is 0 Å². The van der Waals surface area contributed by atoms with E-state index in [4.69, 9.17) is 4.74 Å². The van der Waals surface area contributed by atoms with E-state index in [0.717, 1.165) is 12.1 Å². The molecule has 1 aromatic carbocycles. The van der Waals surface area contributed by atoms with Gasteiger partial charge in [-0.15, -0.1) is 0 Å². The Morgan fingerprint density at radius 1 is 1.27 bits per heavy atom. The van der Waals surface area contributed by atoms with Gasteiger partial charge in [0.15, 0.2) is 0 Å². The lowest BCUT2D eigenvalue weighted by atomic mass is 9.99. The molecule has 0 saturated carbocycles. The Bertz CT molecular complexity index is 756. The van der Waals surface area contributed by atoms with Crippen molar-refractivity contribution in [3.63, 3.8) is 0 Å². The number of carbonyl (C=O) groups is 2. The van der Waals surface area contributed by atoms with Crippen LogP contribution in [-0.2, 0) is 20.5 Å². The van der Waals surface area contributed by atoms with Gasteiger partial charge in [0.05, 0.1) is 29.5 Å². The molecule has 1 atom stereocenters. The summed E-state index contributed by atoms with van der Waals surface area (Å²) in [6.45, 7) is 3.99. The molecular formula is C18H19F3N2O3. The van der Waals surface area contributed by atoms with Crippen molar-refractivity contribution < 1.29 is 27.5 Å². The molecule has 1 aromatic rings. The Morgan fingerprint density at radius 2 is 1.92 bits per heavy atom. The van der Waals surface area contributed by atoms with Crippen molar-refractivity contribution in [2.45, 2.75) is 38.9 Å². The maximum atomic E-state index is 12.8. The van der Waals surface area contributed by atoms with Gasteiger partial charge in [0, 0.05) is 19.4 Å². The normalized spacial score (nSPS) is 22.6. The molecule has 5 nitrogen and oxygen atoms in total. The number of alkyl halides is 3. The third kappa shape index (κ3) is 3.21. The van der Waals surface area contributed by atoms with E-state index >= 15 is 0 Å². The van der Waals surface area contributed by atoms with E-state index in [1.807, 2.05) is 5.01 Å². The molecule has 0 spiro atoms. The Balaban J connectivity index is 1.94. The van der Waals surface area contributed by atoms with Crippen LogP contribution in [0.5, 0.6) is 0 Å². The number of fused-ring (bicyclic) bond motifs is 1. The van der Waals surface area contributed by atoms with E-state index in [1.54, 1.807) is 13.8 Å². The van der Waals surface area contributed by atoms with E-state index in [-0.39, 0.29) is 18.6 Å². The lowest BCUT2D eigenvalue weighted by molar-refractivity contribution is -0.139. The van der Waals surface area contributed by atoms with E-state index in [9.17, 15) is 22.8 Å². The quantitative estimate of drug-likeness (QED) is 0.606. The smallest absolute Gasteiger partial charge is 0.416 e. The summed E-state index contributed by atoms with van der Waals surface area (Å²) in [6, 6.07) is 4.64. The van der Waals surface area contributed by atoms with Crippen LogP contribution >= 0.6 is 0 Å². The predicted molar refractivity (Wildman–Crippen MR) is 86.3 cm³/mol. The minimum absolute atomic E-state index is 0.127. The van der Waals surface area contributed by atoms with Gasteiger partial charge in [-0.25, -0.2) is 14.8 Å². The second kappa shape index (κ2) is 6.75. The number of nitrogens with zero attached hydrogens (tertiary/aromatic N) is 2. The number of benzene rings is 1. The predicted octanol–water partition coefficient (Wildman–Crippen LogP) is 3.44. The molecule has 2 fully saturated rings. The van der Waals surface area contributed by atoms with Crippen molar-refractivity contribution in [3.8, 4) is 0 Å². The second-order valence-electron chi connectivity index (χ2n) is 6.25. The summed E-state index contributed by atoms with van der Waals surface area (Å²) in [7, 11) is 0. The number of hydrogen-bond donors (Lipinski definition) is 0. The standard InChI is InChI=1S/C18H19F3N2O3/c1-3-26-17(25)11(2)14-10-15(22-9-8-16(24)23(14)22)12-4-6-13(7-5-12)18(19,20)21/h4-7,15H,3,8-10H2,1-2H3/b14-11-. The first-order chi connectivity index (χ1) is 12.2. The van der Waals surface area contributed by atoms with Crippen molar-refractivity contribution >= 4 is 11.9 Å². The lowest BCUT2D eigenvalue weighted by Crippen LogP contribution is -2.33. The molecule has 1 amide bonds. The number of carbonyl (C=O) groups excluding carboxylic acids is 2. The maximum Gasteiger partial charge on any atom is 0.416 e. The van der Waals surface area contributed by atoms with E-state index in [1.165, 1.54) is 17.1 Å². The fraction of sp³-hybridized carbons (Fsp3) is 0.444. The molecule has 8 heteroatoms. The summed E-state index contributed by atoms with van der Waals surface area (Å²) >= 11 is 0. The first-order valence-corrected chi connectivity index (χ1v) is 8.37. The average Bonchev–Trinajstić information content (AvgIpc) is 3.15. The van der Waals surface area contributed by atoms with Crippen LogP contribution in [0.3, 0.4) is 0 Å². The van der Waals surface area contributed by atoms with Crippen molar-refractivity contribution in [1.82, 2.24) is 10.0 Å². The van der Waals surface area contributed by atoms with E-state index < -0.39 is 17.7 Å². The van der Waals surface area contributed by atoms with Crippen LogP contribution in [0.4, 0.5) is 13.2 Å². The summed E-state index contributed by atoms with van der Waals surface area (Å²) in [5.74, 6) is -0.617. The number of hydrazine groups is 1. The van der Waals surface area contributed by atoms with Gasteiger partial charge >= 0.3 is 12.1 Å². The molecule has 2 aliphatic rings. The van der Waals surface area contributed by atoms with Gasteiger partial charge in [-0.1, -0.05) is 12.1 Å². The second-order valence-corrected chi connectivity index (χ2v) is 6.25. The molecule has 2 heterocycles. The maximum absolute atomic E-state index is 12.8. The van der Waals surface area contributed by atoms with E-state index in [0.29, 0.717) is 36.2 Å². The highest BCUT2D eigenvalue weighted by Gasteiger charge is 2.45. The highest BCUT2D eigenvalue weighted by Crippen LogP contribution is 2.43. The molecule has 0 N–H and O–H groups in total. The van der Waals surface area contributed by atoms with E-state index in [2.05, 4.69) is 0 Å².